The predicted molar refractivity (Wildman–Crippen MR) is 65.9 cm³/mol. The van der Waals surface area contributed by atoms with Gasteiger partial charge in [-0.15, -0.1) is 0 Å². The van der Waals surface area contributed by atoms with Crippen molar-refractivity contribution in [3.8, 4) is 0 Å². The summed E-state index contributed by atoms with van der Waals surface area (Å²) in [6.45, 7) is 5.69. The lowest BCUT2D eigenvalue weighted by atomic mass is 10.2. The number of carbonyl (C=O) groups is 1. The van der Waals surface area contributed by atoms with Crippen LogP contribution in [0.5, 0.6) is 0 Å². The monoisotopic (exact) mass is 278 g/mol. The summed E-state index contributed by atoms with van der Waals surface area (Å²) in [4.78, 5) is 11.4. The molecular formula is C12H17F3N2O2. The Bertz CT molecular complexity index is 385. The molecule has 0 aromatic heterocycles. The standard InChI is InChI=1S/C12H17F3N2O2/c1-4-5-10(6-8(2)12(13,14)15)17-11(19)7-16-9(3)18/h4-6,9,16,18H,2,7H2,1,3H3,(H,17,19). The molecule has 0 bridgehead atoms. The lowest BCUT2D eigenvalue weighted by Crippen LogP contribution is -2.37. The van der Waals surface area contributed by atoms with Crippen molar-refractivity contribution in [3.63, 3.8) is 0 Å². The number of allylic oxidation sites excluding steroid dienone is 4. The minimum absolute atomic E-state index is 0.0257. The first kappa shape index (κ1) is 17.4. The number of rotatable bonds is 6. The maximum Gasteiger partial charge on any atom is 0.415 e. The molecule has 1 unspecified atom stereocenters. The van der Waals surface area contributed by atoms with Crippen LogP contribution in [0.2, 0.25) is 0 Å². The molecule has 7 heteroatoms. The number of hydrogen-bond acceptors (Lipinski definition) is 3. The van der Waals surface area contributed by atoms with Gasteiger partial charge in [0.05, 0.1) is 12.1 Å². The van der Waals surface area contributed by atoms with E-state index in [4.69, 9.17) is 5.11 Å². The predicted octanol–water partition coefficient (Wildman–Crippen LogP) is 1.61. The summed E-state index contributed by atoms with van der Waals surface area (Å²) < 4.78 is 36.9. The van der Waals surface area contributed by atoms with E-state index in [1.165, 1.54) is 19.1 Å². The van der Waals surface area contributed by atoms with Gasteiger partial charge in [0.15, 0.2) is 0 Å². The molecule has 0 spiro atoms. The zero-order chi connectivity index (χ0) is 15.1. The smallest absolute Gasteiger partial charge is 0.379 e. The molecule has 19 heavy (non-hydrogen) atoms. The van der Waals surface area contributed by atoms with Gasteiger partial charge in [0, 0.05) is 5.70 Å². The molecule has 0 aliphatic carbocycles. The van der Waals surface area contributed by atoms with Crippen LogP contribution in [0.15, 0.2) is 36.1 Å². The van der Waals surface area contributed by atoms with Crippen molar-refractivity contribution in [2.24, 2.45) is 0 Å². The van der Waals surface area contributed by atoms with Gasteiger partial charge in [-0.3, -0.25) is 10.1 Å². The Kier molecular flexibility index (Phi) is 7.10. The Labute approximate surface area is 109 Å². The molecule has 4 nitrogen and oxygen atoms in total. The van der Waals surface area contributed by atoms with E-state index >= 15 is 0 Å². The zero-order valence-electron chi connectivity index (χ0n) is 10.7. The SMILES string of the molecule is C=C(C=C(C=CC)NC(=O)CNC(C)O)C(F)(F)F. The number of halogens is 3. The number of aliphatic hydroxyl groups excluding tert-OH is 1. The number of alkyl halides is 3. The third-order valence-electron chi connectivity index (χ3n) is 1.88. The summed E-state index contributed by atoms with van der Waals surface area (Å²) in [7, 11) is 0. The fourth-order valence-corrected chi connectivity index (χ4v) is 1.02. The molecular weight excluding hydrogens is 261 g/mol. The van der Waals surface area contributed by atoms with Gasteiger partial charge in [-0.2, -0.15) is 13.2 Å². The van der Waals surface area contributed by atoms with Crippen LogP contribution in [0.1, 0.15) is 13.8 Å². The molecule has 0 saturated carbocycles. The van der Waals surface area contributed by atoms with E-state index < -0.39 is 23.9 Å². The molecule has 0 aliphatic rings. The fourth-order valence-electron chi connectivity index (χ4n) is 1.02. The van der Waals surface area contributed by atoms with Gasteiger partial charge in [-0.05, 0) is 26.0 Å². The minimum atomic E-state index is -4.55. The van der Waals surface area contributed by atoms with Crippen LogP contribution >= 0.6 is 0 Å². The van der Waals surface area contributed by atoms with Crippen LogP contribution in [0.4, 0.5) is 13.2 Å². The Morgan fingerprint density at radius 1 is 1.47 bits per heavy atom. The summed E-state index contributed by atoms with van der Waals surface area (Å²) >= 11 is 0. The maximum atomic E-state index is 12.3. The van der Waals surface area contributed by atoms with E-state index in [0.29, 0.717) is 0 Å². The van der Waals surface area contributed by atoms with Gasteiger partial charge in [0.2, 0.25) is 5.91 Å². The number of amides is 1. The van der Waals surface area contributed by atoms with Gasteiger partial charge in [-0.1, -0.05) is 12.7 Å². The maximum absolute atomic E-state index is 12.3. The topological polar surface area (TPSA) is 61.4 Å². The van der Waals surface area contributed by atoms with E-state index in [1.807, 2.05) is 0 Å². The number of hydrogen-bond donors (Lipinski definition) is 3. The first-order valence-electron chi connectivity index (χ1n) is 5.48. The zero-order valence-corrected chi connectivity index (χ0v) is 10.7. The van der Waals surface area contributed by atoms with E-state index in [9.17, 15) is 18.0 Å². The van der Waals surface area contributed by atoms with E-state index in [2.05, 4.69) is 17.2 Å². The van der Waals surface area contributed by atoms with Crippen LogP contribution in [0, 0.1) is 0 Å². The highest BCUT2D eigenvalue weighted by atomic mass is 19.4. The average Bonchev–Trinajstić information content (AvgIpc) is 2.25. The highest BCUT2D eigenvalue weighted by Gasteiger charge is 2.30. The van der Waals surface area contributed by atoms with Crippen molar-refractivity contribution < 1.29 is 23.1 Å². The summed E-state index contributed by atoms with van der Waals surface area (Å²) in [6.07, 6.45) is -1.89. The number of nitrogens with one attached hydrogen (secondary N) is 2. The number of aliphatic hydroxyl groups is 1. The molecule has 0 radical (unpaired) electrons. The third-order valence-corrected chi connectivity index (χ3v) is 1.88. The molecule has 108 valence electrons. The fraction of sp³-hybridized carbons (Fsp3) is 0.417. The molecule has 1 atom stereocenters. The van der Waals surface area contributed by atoms with Gasteiger partial charge < -0.3 is 10.4 Å². The largest absolute Gasteiger partial charge is 0.415 e. The molecule has 0 aromatic rings. The van der Waals surface area contributed by atoms with Gasteiger partial charge >= 0.3 is 6.18 Å². The van der Waals surface area contributed by atoms with Crippen molar-refractivity contribution in [3.05, 3.63) is 36.1 Å². The molecule has 0 aromatic carbocycles. The van der Waals surface area contributed by atoms with Crippen molar-refractivity contribution in [1.82, 2.24) is 10.6 Å². The molecule has 0 heterocycles. The van der Waals surface area contributed by atoms with Crippen LogP contribution in [0.3, 0.4) is 0 Å². The highest BCUT2D eigenvalue weighted by molar-refractivity contribution is 5.80. The first-order valence-corrected chi connectivity index (χ1v) is 5.48. The molecule has 0 aliphatic heterocycles. The van der Waals surface area contributed by atoms with Gasteiger partial charge in [-0.25, -0.2) is 0 Å². The summed E-state index contributed by atoms with van der Waals surface area (Å²) in [5.74, 6) is -0.569. The molecule has 1 amide bonds. The Hall–Kier alpha value is -1.60. The molecule has 3 N–H and O–H groups in total. The normalized spacial score (nSPS) is 14.5. The number of carbonyl (C=O) groups excluding carboxylic acids is 1. The van der Waals surface area contributed by atoms with Crippen molar-refractivity contribution >= 4 is 5.91 Å². The Morgan fingerprint density at radius 2 is 2.05 bits per heavy atom. The van der Waals surface area contributed by atoms with Crippen LogP contribution in [-0.2, 0) is 4.79 Å². The summed E-state index contributed by atoms with van der Waals surface area (Å²) in [6, 6.07) is 0. The highest BCUT2D eigenvalue weighted by Crippen LogP contribution is 2.25. The van der Waals surface area contributed by atoms with Crippen molar-refractivity contribution in [2.75, 3.05) is 6.54 Å². The second-order valence-corrected chi connectivity index (χ2v) is 3.73. The Morgan fingerprint density at radius 3 is 2.47 bits per heavy atom. The lowest BCUT2D eigenvalue weighted by Gasteiger charge is -2.11. The van der Waals surface area contributed by atoms with E-state index in [-0.39, 0.29) is 12.2 Å². The first-order chi connectivity index (χ1) is 8.66. The summed E-state index contributed by atoms with van der Waals surface area (Å²) in [5, 5.41) is 13.6. The van der Waals surface area contributed by atoms with Crippen molar-refractivity contribution in [1.29, 1.82) is 0 Å². The van der Waals surface area contributed by atoms with E-state index in [0.717, 1.165) is 6.08 Å². The second kappa shape index (κ2) is 7.75. The minimum Gasteiger partial charge on any atom is -0.379 e. The third kappa shape index (κ3) is 8.17. The van der Waals surface area contributed by atoms with Crippen LogP contribution < -0.4 is 10.6 Å². The lowest BCUT2D eigenvalue weighted by molar-refractivity contribution is -0.120. The van der Waals surface area contributed by atoms with Gasteiger partial charge in [0.1, 0.15) is 6.23 Å². The Balaban J connectivity index is 4.71. The average molecular weight is 278 g/mol. The second-order valence-electron chi connectivity index (χ2n) is 3.73. The quantitative estimate of drug-likeness (QED) is 0.511. The van der Waals surface area contributed by atoms with Crippen LogP contribution in [0.25, 0.3) is 0 Å². The summed E-state index contributed by atoms with van der Waals surface area (Å²) in [5.41, 5.74) is -1.09. The molecule has 0 saturated heterocycles. The molecule has 0 rings (SSSR count). The molecule has 0 fully saturated rings. The van der Waals surface area contributed by atoms with Gasteiger partial charge in [0.25, 0.3) is 0 Å². The van der Waals surface area contributed by atoms with Crippen LogP contribution in [-0.4, -0.2) is 30.0 Å². The van der Waals surface area contributed by atoms with E-state index in [1.54, 1.807) is 6.92 Å². The van der Waals surface area contributed by atoms with Crippen molar-refractivity contribution in [2.45, 2.75) is 26.3 Å².